The lowest BCUT2D eigenvalue weighted by molar-refractivity contribution is -0.176. The van der Waals surface area contributed by atoms with Crippen molar-refractivity contribution >= 4 is 11.6 Å². The summed E-state index contributed by atoms with van der Waals surface area (Å²) in [6, 6.07) is 12.2. The van der Waals surface area contributed by atoms with Gasteiger partial charge in [0.25, 0.3) is 5.91 Å². The van der Waals surface area contributed by atoms with Crippen molar-refractivity contribution in [2.75, 3.05) is 12.4 Å². The van der Waals surface area contributed by atoms with Gasteiger partial charge in [0.2, 0.25) is 0 Å². The number of fused-ring (bicyclic) bond motifs is 1. The van der Waals surface area contributed by atoms with Crippen molar-refractivity contribution in [2.45, 2.75) is 43.9 Å². The van der Waals surface area contributed by atoms with Gasteiger partial charge in [-0.3, -0.25) is 4.79 Å². The average molecular weight is 444 g/mol. The fourth-order valence-corrected chi connectivity index (χ4v) is 4.37. The first kappa shape index (κ1) is 21.9. The molecule has 1 aliphatic rings. The topological polar surface area (TPSA) is 71.3 Å². The molecule has 1 aromatic heterocycles. The van der Waals surface area contributed by atoms with Crippen LogP contribution in [0.15, 0.2) is 59.4 Å². The highest BCUT2D eigenvalue weighted by Crippen LogP contribution is 2.41. The lowest BCUT2D eigenvalue weighted by Gasteiger charge is -2.31. The third-order valence-electron chi connectivity index (χ3n) is 6.17. The molecule has 0 saturated heterocycles. The Morgan fingerprint density at radius 2 is 1.88 bits per heavy atom. The van der Waals surface area contributed by atoms with Crippen LogP contribution < -0.4 is 5.32 Å². The zero-order valence-electron chi connectivity index (χ0n) is 17.8. The van der Waals surface area contributed by atoms with E-state index in [1.807, 2.05) is 12.1 Å². The summed E-state index contributed by atoms with van der Waals surface area (Å²) in [4.78, 5) is 13.0. The maximum Gasteiger partial charge on any atom is 0.413 e. The van der Waals surface area contributed by atoms with E-state index in [-0.39, 0.29) is 22.7 Å². The summed E-state index contributed by atoms with van der Waals surface area (Å²) in [5.41, 5.74) is 2.80. The van der Waals surface area contributed by atoms with Crippen LogP contribution >= 0.6 is 0 Å². The Balaban J connectivity index is 1.55. The second kappa shape index (κ2) is 7.96. The standard InChI is InChI=1S/C23H23F3N4O2/c1-22(2)17-7-5-4-6-15(17)12-19(22)28-16-10-8-14(9-11-16)20(23(24,25)26)30(3)21(31)18-13-27-32-29-18/h4-11,13,19-20,28H,12H2,1-3H3/t19?,20-/m0/s1. The molecule has 0 fully saturated rings. The number of hydrogen-bond acceptors (Lipinski definition) is 5. The fourth-order valence-electron chi connectivity index (χ4n) is 4.37. The number of carbonyl (C=O) groups excluding carboxylic acids is 1. The van der Waals surface area contributed by atoms with Gasteiger partial charge in [0, 0.05) is 24.2 Å². The molecular weight excluding hydrogens is 421 g/mol. The van der Waals surface area contributed by atoms with Crippen LogP contribution in [0, 0.1) is 0 Å². The number of amides is 1. The maximum absolute atomic E-state index is 13.9. The number of carbonyl (C=O) groups is 1. The van der Waals surface area contributed by atoms with Crippen LogP contribution in [0.3, 0.4) is 0 Å². The summed E-state index contributed by atoms with van der Waals surface area (Å²) in [5, 5.41) is 10.1. The van der Waals surface area contributed by atoms with E-state index in [0.29, 0.717) is 4.90 Å². The van der Waals surface area contributed by atoms with Crippen molar-refractivity contribution < 1.29 is 22.6 Å². The molecule has 2 aromatic carbocycles. The maximum atomic E-state index is 13.9. The van der Waals surface area contributed by atoms with Gasteiger partial charge in [-0.25, -0.2) is 4.63 Å². The third-order valence-corrected chi connectivity index (χ3v) is 6.17. The van der Waals surface area contributed by atoms with Crippen molar-refractivity contribution in [3.8, 4) is 0 Å². The highest BCUT2D eigenvalue weighted by molar-refractivity contribution is 5.92. The summed E-state index contributed by atoms with van der Waals surface area (Å²) in [6.45, 7) is 4.31. The van der Waals surface area contributed by atoms with Crippen LogP contribution in [0.4, 0.5) is 18.9 Å². The number of halogens is 3. The number of anilines is 1. The fraction of sp³-hybridized carbons (Fsp3) is 0.348. The van der Waals surface area contributed by atoms with Crippen LogP contribution in [0.5, 0.6) is 0 Å². The molecule has 4 rings (SSSR count). The number of alkyl halides is 3. The Morgan fingerprint density at radius 3 is 2.47 bits per heavy atom. The van der Waals surface area contributed by atoms with Gasteiger partial charge in [-0.1, -0.05) is 55.4 Å². The highest BCUT2D eigenvalue weighted by atomic mass is 19.4. The van der Waals surface area contributed by atoms with Crippen LogP contribution in [0.2, 0.25) is 0 Å². The molecule has 1 aliphatic carbocycles. The first-order chi connectivity index (χ1) is 15.1. The molecule has 1 amide bonds. The van der Waals surface area contributed by atoms with Crippen molar-refractivity contribution in [3.05, 3.63) is 77.1 Å². The van der Waals surface area contributed by atoms with Gasteiger partial charge in [0.1, 0.15) is 6.20 Å². The molecular formula is C23H23F3N4O2. The number of hydrogen-bond donors (Lipinski definition) is 1. The Bertz CT molecular complexity index is 1100. The number of rotatable bonds is 5. The van der Waals surface area contributed by atoms with Crippen molar-refractivity contribution in [1.82, 2.24) is 15.2 Å². The smallest absolute Gasteiger partial charge is 0.381 e. The minimum Gasteiger partial charge on any atom is -0.381 e. The zero-order chi connectivity index (χ0) is 23.1. The molecule has 2 atom stereocenters. The normalized spacial score (nSPS) is 18.1. The van der Waals surface area contributed by atoms with Crippen molar-refractivity contribution in [2.24, 2.45) is 0 Å². The highest BCUT2D eigenvalue weighted by Gasteiger charge is 2.46. The first-order valence-electron chi connectivity index (χ1n) is 10.2. The summed E-state index contributed by atoms with van der Waals surface area (Å²) in [5.74, 6) is -0.929. The second-order valence-corrected chi connectivity index (χ2v) is 8.55. The monoisotopic (exact) mass is 444 g/mol. The molecule has 1 unspecified atom stereocenters. The Labute approximate surface area is 183 Å². The SMILES string of the molecule is CN(C(=O)c1cnon1)[C@@H](c1ccc(NC2Cc3ccccc3C2(C)C)cc1)C(F)(F)F. The molecule has 0 aliphatic heterocycles. The summed E-state index contributed by atoms with van der Waals surface area (Å²) < 4.78 is 46.0. The van der Waals surface area contributed by atoms with Crippen LogP contribution in [-0.2, 0) is 11.8 Å². The van der Waals surface area contributed by atoms with E-state index >= 15 is 0 Å². The van der Waals surface area contributed by atoms with Crippen molar-refractivity contribution in [3.63, 3.8) is 0 Å². The van der Waals surface area contributed by atoms with E-state index in [9.17, 15) is 18.0 Å². The molecule has 0 saturated carbocycles. The van der Waals surface area contributed by atoms with E-state index in [1.54, 1.807) is 12.1 Å². The Morgan fingerprint density at radius 1 is 1.19 bits per heavy atom. The molecule has 32 heavy (non-hydrogen) atoms. The molecule has 9 heteroatoms. The van der Waals surface area contributed by atoms with Gasteiger partial charge in [-0.15, -0.1) is 0 Å². The van der Waals surface area contributed by atoms with Crippen molar-refractivity contribution in [1.29, 1.82) is 0 Å². The van der Waals surface area contributed by atoms with Crippen LogP contribution in [0.1, 0.15) is 47.1 Å². The average Bonchev–Trinajstić information content (AvgIpc) is 3.35. The van der Waals surface area contributed by atoms with E-state index in [0.717, 1.165) is 25.4 Å². The van der Waals surface area contributed by atoms with Gasteiger partial charge < -0.3 is 10.2 Å². The molecule has 6 nitrogen and oxygen atoms in total. The lowest BCUT2D eigenvalue weighted by atomic mass is 9.83. The minimum absolute atomic E-state index is 0.0516. The molecule has 3 aromatic rings. The molecule has 1 N–H and O–H groups in total. The van der Waals surface area contributed by atoms with E-state index in [4.69, 9.17) is 0 Å². The Kier molecular flexibility index (Phi) is 5.44. The van der Waals surface area contributed by atoms with Crippen LogP contribution in [0.25, 0.3) is 0 Å². The quantitative estimate of drug-likeness (QED) is 0.615. The Hall–Kier alpha value is -3.36. The van der Waals surface area contributed by atoms with Crippen LogP contribution in [-0.4, -0.2) is 40.4 Å². The first-order valence-corrected chi connectivity index (χ1v) is 10.2. The number of aromatic nitrogens is 2. The molecule has 0 bridgehead atoms. The summed E-state index contributed by atoms with van der Waals surface area (Å²) in [7, 11) is 1.08. The van der Waals surface area contributed by atoms with Gasteiger partial charge in [-0.2, -0.15) is 13.2 Å². The minimum atomic E-state index is -4.67. The summed E-state index contributed by atoms with van der Waals surface area (Å²) >= 11 is 0. The molecule has 0 spiro atoms. The zero-order valence-corrected chi connectivity index (χ0v) is 17.8. The summed E-state index contributed by atoms with van der Waals surface area (Å²) in [6.07, 6.45) is -2.86. The molecule has 1 heterocycles. The third kappa shape index (κ3) is 3.94. The van der Waals surface area contributed by atoms with E-state index in [1.165, 1.54) is 23.3 Å². The van der Waals surface area contributed by atoms with Gasteiger partial charge >= 0.3 is 6.18 Å². The van der Waals surface area contributed by atoms with Gasteiger partial charge in [0.05, 0.1) is 0 Å². The largest absolute Gasteiger partial charge is 0.413 e. The second-order valence-electron chi connectivity index (χ2n) is 8.55. The van der Waals surface area contributed by atoms with Gasteiger partial charge in [0.15, 0.2) is 11.7 Å². The number of nitrogens with zero attached hydrogens (tertiary/aromatic N) is 3. The number of nitrogens with one attached hydrogen (secondary N) is 1. The number of benzene rings is 2. The predicted molar refractivity (Wildman–Crippen MR) is 112 cm³/mol. The molecule has 0 radical (unpaired) electrons. The van der Waals surface area contributed by atoms with Gasteiger partial charge in [-0.05, 0) is 40.4 Å². The molecule has 168 valence electrons. The van der Waals surface area contributed by atoms with E-state index < -0.39 is 18.1 Å². The predicted octanol–water partition coefficient (Wildman–Crippen LogP) is 4.76. The lowest BCUT2D eigenvalue weighted by Crippen LogP contribution is -2.40. The van der Waals surface area contributed by atoms with E-state index in [2.05, 4.69) is 46.2 Å².